The fourth-order valence-corrected chi connectivity index (χ4v) is 1.41. The lowest BCUT2D eigenvalue weighted by Gasteiger charge is -2.07. The molecule has 0 radical (unpaired) electrons. The van der Waals surface area contributed by atoms with Gasteiger partial charge in [0.2, 0.25) is 0 Å². The molecule has 1 aromatic heterocycles. The number of nitrogens with two attached hydrogens (primary N) is 1. The Balaban J connectivity index is 1.99. The van der Waals surface area contributed by atoms with Crippen LogP contribution in [0.3, 0.4) is 0 Å². The Morgan fingerprint density at radius 3 is 2.78 bits per heavy atom. The molecule has 5 nitrogen and oxygen atoms in total. The van der Waals surface area contributed by atoms with Gasteiger partial charge in [0.05, 0.1) is 12.8 Å². The van der Waals surface area contributed by atoms with Crippen LogP contribution in [0.2, 0.25) is 0 Å². The highest BCUT2D eigenvalue weighted by Crippen LogP contribution is 2.03. The van der Waals surface area contributed by atoms with Gasteiger partial charge in [0, 0.05) is 0 Å². The van der Waals surface area contributed by atoms with E-state index < -0.39 is 17.3 Å². The lowest BCUT2D eigenvalue weighted by atomic mass is 10.2. The van der Waals surface area contributed by atoms with Crippen LogP contribution >= 0.6 is 0 Å². The van der Waals surface area contributed by atoms with Crippen molar-refractivity contribution < 1.29 is 9.13 Å². The Morgan fingerprint density at radius 2 is 2.06 bits per heavy atom. The van der Waals surface area contributed by atoms with E-state index in [4.69, 9.17) is 10.5 Å². The molecule has 0 amide bonds. The van der Waals surface area contributed by atoms with Crippen molar-refractivity contribution in [3.63, 3.8) is 0 Å². The Kier molecular flexibility index (Phi) is 3.69. The van der Waals surface area contributed by atoms with Crippen LogP contribution in [0.1, 0.15) is 5.56 Å². The minimum Gasteiger partial charge on any atom is -0.381 e. The van der Waals surface area contributed by atoms with Crippen molar-refractivity contribution in [1.82, 2.24) is 9.55 Å². The molecule has 94 valence electrons. The van der Waals surface area contributed by atoms with E-state index in [2.05, 4.69) is 4.98 Å². The third-order valence-electron chi connectivity index (χ3n) is 2.32. The molecule has 18 heavy (non-hydrogen) atoms. The number of halogens is 1. The minimum atomic E-state index is -0.738. The van der Waals surface area contributed by atoms with Crippen LogP contribution in [0, 0.1) is 5.82 Å². The summed E-state index contributed by atoms with van der Waals surface area (Å²) in [5.74, 6) is -1.14. The molecule has 6 heteroatoms. The van der Waals surface area contributed by atoms with Gasteiger partial charge in [0.25, 0.3) is 0 Å². The summed E-state index contributed by atoms with van der Waals surface area (Å²) in [4.78, 5) is 14.7. The molecular formula is C12H12FN3O2. The number of hydrogen-bond donors (Lipinski definition) is 1. The number of nitrogen functional groups attached to an aromatic ring is 1. The number of benzene rings is 1. The van der Waals surface area contributed by atoms with Gasteiger partial charge in [-0.3, -0.25) is 4.57 Å². The fourth-order valence-electron chi connectivity index (χ4n) is 1.41. The maximum Gasteiger partial charge on any atom is 0.351 e. The second-order valence-corrected chi connectivity index (χ2v) is 3.69. The van der Waals surface area contributed by atoms with E-state index in [0.717, 1.165) is 16.3 Å². The Labute approximate surface area is 103 Å². The summed E-state index contributed by atoms with van der Waals surface area (Å²) in [5, 5.41) is 0. The van der Waals surface area contributed by atoms with Crippen molar-refractivity contribution in [2.75, 3.05) is 5.73 Å². The molecule has 0 aliphatic rings. The largest absolute Gasteiger partial charge is 0.381 e. The molecule has 0 atom stereocenters. The average molecular weight is 249 g/mol. The van der Waals surface area contributed by atoms with Crippen molar-refractivity contribution in [1.29, 1.82) is 0 Å². The highest BCUT2D eigenvalue weighted by atomic mass is 19.1. The van der Waals surface area contributed by atoms with Crippen LogP contribution in [0.25, 0.3) is 0 Å². The molecule has 0 spiro atoms. The van der Waals surface area contributed by atoms with Crippen LogP contribution in [0.5, 0.6) is 0 Å². The molecule has 0 saturated heterocycles. The van der Waals surface area contributed by atoms with Gasteiger partial charge in [0.1, 0.15) is 6.73 Å². The number of nitrogens with zero attached hydrogens (tertiary/aromatic N) is 2. The van der Waals surface area contributed by atoms with E-state index in [0.29, 0.717) is 6.61 Å². The predicted octanol–water partition coefficient (Wildman–Crippen LogP) is 1.14. The van der Waals surface area contributed by atoms with Gasteiger partial charge in [-0.2, -0.15) is 4.98 Å². The number of ether oxygens (including phenoxy) is 1. The topological polar surface area (TPSA) is 70.1 Å². The summed E-state index contributed by atoms with van der Waals surface area (Å²) in [6.07, 6.45) is 0.982. The molecule has 0 aliphatic heterocycles. The number of rotatable bonds is 4. The van der Waals surface area contributed by atoms with E-state index in [1.54, 1.807) is 0 Å². The first-order valence-corrected chi connectivity index (χ1v) is 5.31. The van der Waals surface area contributed by atoms with Gasteiger partial charge < -0.3 is 10.5 Å². The average Bonchev–Trinajstić information content (AvgIpc) is 2.37. The normalized spacial score (nSPS) is 10.5. The van der Waals surface area contributed by atoms with E-state index in [-0.39, 0.29) is 6.73 Å². The van der Waals surface area contributed by atoms with E-state index in [9.17, 15) is 9.18 Å². The van der Waals surface area contributed by atoms with Crippen LogP contribution in [0.15, 0.2) is 41.3 Å². The Morgan fingerprint density at radius 1 is 1.33 bits per heavy atom. The van der Waals surface area contributed by atoms with Gasteiger partial charge in [-0.05, 0) is 5.56 Å². The minimum absolute atomic E-state index is 0.0715. The first-order chi connectivity index (χ1) is 8.66. The lowest BCUT2D eigenvalue weighted by Crippen LogP contribution is -2.25. The molecule has 0 saturated carbocycles. The number of hydrogen-bond acceptors (Lipinski definition) is 4. The van der Waals surface area contributed by atoms with Crippen LogP contribution in [-0.4, -0.2) is 9.55 Å². The highest BCUT2D eigenvalue weighted by molar-refractivity contribution is 5.26. The summed E-state index contributed by atoms with van der Waals surface area (Å²) in [6.45, 7) is 0.261. The number of aromatic nitrogens is 2. The molecule has 0 aliphatic carbocycles. The van der Waals surface area contributed by atoms with E-state index in [1.807, 2.05) is 30.3 Å². The fraction of sp³-hybridized carbons (Fsp3) is 0.167. The molecule has 0 fully saturated rings. The summed E-state index contributed by atoms with van der Waals surface area (Å²) in [7, 11) is 0. The Hall–Kier alpha value is -2.21. The van der Waals surface area contributed by atoms with Crippen molar-refractivity contribution in [2.45, 2.75) is 13.3 Å². The van der Waals surface area contributed by atoms with Gasteiger partial charge in [0.15, 0.2) is 11.6 Å². The van der Waals surface area contributed by atoms with Gasteiger partial charge >= 0.3 is 5.69 Å². The maximum absolute atomic E-state index is 13.1. The van der Waals surface area contributed by atoms with Crippen LogP contribution in [0.4, 0.5) is 10.2 Å². The maximum atomic E-state index is 13.1. The first-order valence-electron chi connectivity index (χ1n) is 5.31. The van der Waals surface area contributed by atoms with E-state index >= 15 is 0 Å². The summed E-state index contributed by atoms with van der Waals surface area (Å²) in [5.41, 5.74) is 5.50. The summed E-state index contributed by atoms with van der Waals surface area (Å²) >= 11 is 0. The van der Waals surface area contributed by atoms with Crippen molar-refractivity contribution >= 4 is 5.82 Å². The van der Waals surface area contributed by atoms with E-state index in [1.165, 1.54) is 0 Å². The monoisotopic (exact) mass is 249 g/mol. The molecule has 1 heterocycles. The standard InChI is InChI=1S/C12H12FN3O2/c13-10-6-16(12(17)15-11(10)14)8-18-7-9-4-2-1-3-5-9/h1-6H,7-8H2,(H2,14,15,17). The summed E-state index contributed by atoms with van der Waals surface area (Å²) < 4.78 is 19.4. The second-order valence-electron chi connectivity index (χ2n) is 3.69. The van der Waals surface area contributed by atoms with Gasteiger partial charge in [-0.1, -0.05) is 30.3 Å². The van der Waals surface area contributed by atoms with Crippen molar-refractivity contribution in [3.8, 4) is 0 Å². The van der Waals surface area contributed by atoms with Gasteiger partial charge in [-0.25, -0.2) is 9.18 Å². The zero-order chi connectivity index (χ0) is 13.0. The first kappa shape index (κ1) is 12.3. The highest BCUT2D eigenvalue weighted by Gasteiger charge is 2.04. The molecule has 2 N–H and O–H groups in total. The van der Waals surface area contributed by atoms with Crippen molar-refractivity contribution in [2.24, 2.45) is 0 Å². The SMILES string of the molecule is Nc1nc(=O)n(COCc2ccccc2)cc1F. The zero-order valence-corrected chi connectivity index (χ0v) is 9.54. The molecule has 1 aromatic carbocycles. The Bertz CT molecular complexity index is 584. The smallest absolute Gasteiger partial charge is 0.351 e. The third-order valence-corrected chi connectivity index (χ3v) is 2.32. The predicted molar refractivity (Wildman–Crippen MR) is 64.1 cm³/mol. The van der Waals surface area contributed by atoms with Crippen molar-refractivity contribution in [3.05, 3.63) is 58.4 Å². The zero-order valence-electron chi connectivity index (χ0n) is 9.54. The van der Waals surface area contributed by atoms with Crippen LogP contribution in [-0.2, 0) is 18.1 Å². The molecule has 2 aromatic rings. The molecular weight excluding hydrogens is 237 g/mol. The number of anilines is 1. The third kappa shape index (κ3) is 2.92. The summed E-state index contributed by atoms with van der Waals surface area (Å²) in [6, 6.07) is 9.45. The van der Waals surface area contributed by atoms with Gasteiger partial charge in [-0.15, -0.1) is 0 Å². The molecule has 0 unspecified atom stereocenters. The van der Waals surface area contributed by atoms with Crippen LogP contribution < -0.4 is 11.4 Å². The quantitative estimate of drug-likeness (QED) is 0.882. The lowest BCUT2D eigenvalue weighted by molar-refractivity contribution is 0.0603. The molecule has 2 rings (SSSR count). The second kappa shape index (κ2) is 5.42. The molecule has 0 bridgehead atoms.